The molecule has 0 bridgehead atoms. The zero-order valence-electron chi connectivity index (χ0n) is 20.8. The zero-order valence-corrected chi connectivity index (χ0v) is 22.4. The molecule has 0 aromatic heterocycles. The van der Waals surface area contributed by atoms with Gasteiger partial charge in [0, 0.05) is 42.8 Å². The van der Waals surface area contributed by atoms with Crippen molar-refractivity contribution >= 4 is 58.2 Å². The molecule has 3 aromatic rings. The number of thiocarbonyl (C=S) groups is 1. The second-order valence-electron chi connectivity index (χ2n) is 9.00. The maximum atomic E-state index is 12.7. The molecule has 8 heteroatoms. The Kier molecular flexibility index (Phi) is 8.58. The molecule has 37 heavy (non-hydrogen) atoms. The largest absolute Gasteiger partial charge is 0.366 e. The highest BCUT2D eigenvalue weighted by atomic mass is 35.5. The van der Waals surface area contributed by atoms with Gasteiger partial charge in [-0.25, -0.2) is 0 Å². The first kappa shape index (κ1) is 26.4. The van der Waals surface area contributed by atoms with Gasteiger partial charge >= 0.3 is 0 Å². The van der Waals surface area contributed by atoms with E-state index in [1.807, 2.05) is 85.5 Å². The molecule has 4 rings (SSSR count). The highest BCUT2D eigenvalue weighted by Gasteiger charge is 2.22. The Bertz CT molecular complexity index is 1310. The minimum Gasteiger partial charge on any atom is -0.366 e. The van der Waals surface area contributed by atoms with Crippen LogP contribution in [0.25, 0.3) is 6.08 Å². The van der Waals surface area contributed by atoms with E-state index in [1.54, 1.807) is 12.1 Å². The Labute approximate surface area is 227 Å². The van der Waals surface area contributed by atoms with Gasteiger partial charge in [0.05, 0.1) is 11.4 Å². The number of carbonyl (C=O) groups excluding carboxylic acids is 2. The van der Waals surface area contributed by atoms with Crippen LogP contribution in [0.2, 0.25) is 5.02 Å². The SMILES string of the molecule is Cc1cc(C)cc(C(=O)NC(=S)Nc2cc(Cl)ccc2N2CCN(C(=O)/C=C/c3ccccc3)CC2)c1. The molecule has 1 aliphatic rings. The monoisotopic (exact) mass is 532 g/mol. The van der Waals surface area contributed by atoms with E-state index in [9.17, 15) is 9.59 Å². The quantitative estimate of drug-likeness (QED) is 0.338. The molecule has 0 unspecified atom stereocenters. The van der Waals surface area contributed by atoms with Crippen LogP contribution < -0.4 is 15.5 Å². The van der Waals surface area contributed by atoms with E-state index in [-0.39, 0.29) is 16.9 Å². The fourth-order valence-electron chi connectivity index (χ4n) is 4.32. The third-order valence-corrected chi connectivity index (χ3v) is 6.51. The maximum absolute atomic E-state index is 12.7. The Morgan fingerprint density at radius 1 is 0.919 bits per heavy atom. The predicted molar refractivity (Wildman–Crippen MR) is 155 cm³/mol. The van der Waals surface area contributed by atoms with Gasteiger partial charge in [-0.3, -0.25) is 14.9 Å². The molecule has 0 atom stereocenters. The molecule has 1 saturated heterocycles. The predicted octanol–water partition coefficient (Wildman–Crippen LogP) is 5.45. The van der Waals surface area contributed by atoms with E-state index in [0.717, 1.165) is 22.4 Å². The fraction of sp³-hybridized carbons (Fsp3) is 0.207. The van der Waals surface area contributed by atoms with Crippen LogP contribution in [0.1, 0.15) is 27.0 Å². The Morgan fingerprint density at radius 2 is 1.59 bits per heavy atom. The van der Waals surface area contributed by atoms with Crippen LogP contribution in [0.15, 0.2) is 72.8 Å². The van der Waals surface area contributed by atoms with Gasteiger partial charge < -0.3 is 15.1 Å². The number of aryl methyl sites for hydroxylation is 2. The smallest absolute Gasteiger partial charge is 0.257 e. The molecule has 2 amide bonds. The van der Waals surface area contributed by atoms with Gasteiger partial charge in [-0.1, -0.05) is 59.1 Å². The van der Waals surface area contributed by atoms with Crippen LogP contribution in [0, 0.1) is 13.8 Å². The molecule has 1 fully saturated rings. The normalized spacial score (nSPS) is 13.5. The number of nitrogens with zero attached hydrogens (tertiary/aromatic N) is 2. The number of hydrogen-bond donors (Lipinski definition) is 2. The molecule has 1 heterocycles. The molecular weight excluding hydrogens is 504 g/mol. The first-order chi connectivity index (χ1) is 17.8. The molecule has 2 N–H and O–H groups in total. The molecular formula is C29H29ClN4O2S. The topological polar surface area (TPSA) is 64.7 Å². The van der Waals surface area contributed by atoms with E-state index in [0.29, 0.717) is 42.5 Å². The van der Waals surface area contributed by atoms with Crippen molar-refractivity contribution in [2.75, 3.05) is 36.4 Å². The number of anilines is 2. The summed E-state index contributed by atoms with van der Waals surface area (Å²) in [4.78, 5) is 29.4. The lowest BCUT2D eigenvalue weighted by Crippen LogP contribution is -2.48. The lowest BCUT2D eigenvalue weighted by molar-refractivity contribution is -0.126. The second-order valence-corrected chi connectivity index (χ2v) is 9.85. The molecule has 0 radical (unpaired) electrons. The second kappa shape index (κ2) is 12.0. The summed E-state index contributed by atoms with van der Waals surface area (Å²) < 4.78 is 0. The highest BCUT2D eigenvalue weighted by Crippen LogP contribution is 2.30. The summed E-state index contributed by atoms with van der Waals surface area (Å²) in [5.41, 5.74) is 5.16. The van der Waals surface area contributed by atoms with Gasteiger partial charge in [-0.05, 0) is 68.0 Å². The van der Waals surface area contributed by atoms with E-state index in [2.05, 4.69) is 15.5 Å². The van der Waals surface area contributed by atoms with Crippen molar-refractivity contribution in [2.24, 2.45) is 0 Å². The van der Waals surface area contributed by atoms with Crippen molar-refractivity contribution in [3.05, 3.63) is 100 Å². The molecule has 190 valence electrons. The summed E-state index contributed by atoms with van der Waals surface area (Å²) in [7, 11) is 0. The highest BCUT2D eigenvalue weighted by molar-refractivity contribution is 7.80. The van der Waals surface area contributed by atoms with Crippen LogP contribution in [-0.4, -0.2) is 48.0 Å². The van der Waals surface area contributed by atoms with E-state index in [4.69, 9.17) is 23.8 Å². The fourth-order valence-corrected chi connectivity index (χ4v) is 4.70. The molecule has 0 aliphatic carbocycles. The van der Waals surface area contributed by atoms with Crippen molar-refractivity contribution in [2.45, 2.75) is 13.8 Å². The standard InChI is InChI=1S/C29H29ClN4O2S/c1-20-16-21(2)18-23(17-20)28(36)32-29(37)31-25-19-24(30)9-10-26(25)33-12-14-34(15-13-33)27(35)11-8-22-6-4-3-5-7-22/h3-11,16-19H,12-15H2,1-2H3,(H2,31,32,36,37)/b11-8+. The van der Waals surface area contributed by atoms with Gasteiger partial charge in [-0.15, -0.1) is 0 Å². The summed E-state index contributed by atoms with van der Waals surface area (Å²) in [5, 5.41) is 6.63. The number of hydrogen-bond acceptors (Lipinski definition) is 4. The van der Waals surface area contributed by atoms with Gasteiger partial charge in [0.25, 0.3) is 5.91 Å². The van der Waals surface area contributed by atoms with Crippen LogP contribution in [0.4, 0.5) is 11.4 Å². The number of carbonyl (C=O) groups is 2. The number of rotatable bonds is 5. The first-order valence-electron chi connectivity index (χ1n) is 12.1. The number of nitrogens with one attached hydrogen (secondary N) is 2. The summed E-state index contributed by atoms with van der Waals surface area (Å²) in [6.45, 7) is 6.39. The van der Waals surface area contributed by atoms with E-state index < -0.39 is 0 Å². The van der Waals surface area contributed by atoms with Crippen molar-refractivity contribution in [3.63, 3.8) is 0 Å². The first-order valence-corrected chi connectivity index (χ1v) is 12.8. The van der Waals surface area contributed by atoms with Gasteiger partial charge in [0.1, 0.15) is 0 Å². The average Bonchev–Trinajstić information content (AvgIpc) is 2.87. The molecule has 0 spiro atoms. The number of amides is 2. The van der Waals surface area contributed by atoms with Crippen molar-refractivity contribution in [1.82, 2.24) is 10.2 Å². The number of halogens is 1. The van der Waals surface area contributed by atoms with Crippen molar-refractivity contribution < 1.29 is 9.59 Å². The Hall–Kier alpha value is -3.68. The average molecular weight is 533 g/mol. The van der Waals surface area contributed by atoms with Crippen LogP contribution in [-0.2, 0) is 4.79 Å². The van der Waals surface area contributed by atoms with Gasteiger partial charge in [-0.2, -0.15) is 0 Å². The Morgan fingerprint density at radius 3 is 2.27 bits per heavy atom. The minimum absolute atomic E-state index is 0.00627. The molecule has 0 saturated carbocycles. The van der Waals surface area contributed by atoms with Crippen LogP contribution in [0.3, 0.4) is 0 Å². The summed E-state index contributed by atoms with van der Waals surface area (Å²) in [6, 6.07) is 21.0. The maximum Gasteiger partial charge on any atom is 0.257 e. The summed E-state index contributed by atoms with van der Waals surface area (Å²) in [5.74, 6) is -0.281. The van der Waals surface area contributed by atoms with E-state index >= 15 is 0 Å². The van der Waals surface area contributed by atoms with E-state index in [1.165, 1.54) is 0 Å². The lowest BCUT2D eigenvalue weighted by Gasteiger charge is -2.36. The Balaban J connectivity index is 1.38. The number of piperazine rings is 1. The third kappa shape index (κ3) is 7.18. The zero-order chi connectivity index (χ0) is 26.4. The van der Waals surface area contributed by atoms with Gasteiger partial charge in [0.2, 0.25) is 5.91 Å². The summed E-state index contributed by atoms with van der Waals surface area (Å²) >= 11 is 11.7. The third-order valence-electron chi connectivity index (χ3n) is 6.07. The number of benzene rings is 3. The minimum atomic E-state index is -0.274. The summed E-state index contributed by atoms with van der Waals surface area (Å²) in [6.07, 6.45) is 3.46. The van der Waals surface area contributed by atoms with Crippen LogP contribution >= 0.6 is 23.8 Å². The lowest BCUT2D eigenvalue weighted by atomic mass is 10.1. The van der Waals surface area contributed by atoms with Crippen LogP contribution in [0.5, 0.6) is 0 Å². The molecule has 1 aliphatic heterocycles. The molecule has 3 aromatic carbocycles. The molecule has 6 nitrogen and oxygen atoms in total. The van der Waals surface area contributed by atoms with Crippen molar-refractivity contribution in [3.8, 4) is 0 Å². The van der Waals surface area contributed by atoms with Gasteiger partial charge in [0.15, 0.2) is 5.11 Å². The van der Waals surface area contributed by atoms with Crippen molar-refractivity contribution in [1.29, 1.82) is 0 Å².